The standard InChI is InChI=1S/C28H41Cl2N3O3/c1-27(2,3)31-22-12-13-33(18-22)19-26(21-7-9-23(10-8-21)36-15-14-34)32(5)28(4,35)17-20-6-11-24(29)25(30)16-20/h6-11,16,22,26,31,34-35H,12-15,17-19H2,1-5H3. The van der Waals surface area contributed by atoms with Crippen molar-refractivity contribution >= 4 is 23.2 Å². The Morgan fingerprint density at radius 2 is 1.81 bits per heavy atom. The van der Waals surface area contributed by atoms with Crippen molar-refractivity contribution in [1.29, 1.82) is 0 Å². The van der Waals surface area contributed by atoms with E-state index in [0.29, 0.717) is 28.3 Å². The van der Waals surface area contributed by atoms with Crippen LogP contribution >= 0.6 is 23.2 Å². The van der Waals surface area contributed by atoms with Gasteiger partial charge < -0.3 is 20.3 Å². The van der Waals surface area contributed by atoms with Crippen LogP contribution in [0.3, 0.4) is 0 Å². The second kappa shape index (κ2) is 12.4. The molecule has 0 aliphatic carbocycles. The summed E-state index contributed by atoms with van der Waals surface area (Å²) < 4.78 is 5.56. The molecule has 3 atom stereocenters. The molecule has 0 radical (unpaired) electrons. The van der Waals surface area contributed by atoms with Gasteiger partial charge in [-0.25, -0.2) is 0 Å². The van der Waals surface area contributed by atoms with Gasteiger partial charge in [-0.15, -0.1) is 0 Å². The van der Waals surface area contributed by atoms with Gasteiger partial charge in [0.2, 0.25) is 0 Å². The van der Waals surface area contributed by atoms with Crippen molar-refractivity contribution < 1.29 is 14.9 Å². The number of hydrogen-bond acceptors (Lipinski definition) is 6. The fourth-order valence-electron chi connectivity index (χ4n) is 4.87. The summed E-state index contributed by atoms with van der Waals surface area (Å²) in [7, 11) is 1.97. The third kappa shape index (κ3) is 8.32. The van der Waals surface area contributed by atoms with Crippen molar-refractivity contribution in [3.63, 3.8) is 0 Å². The number of nitrogens with zero attached hydrogens (tertiary/aromatic N) is 2. The van der Waals surface area contributed by atoms with E-state index in [4.69, 9.17) is 33.0 Å². The molecule has 200 valence electrons. The highest BCUT2D eigenvalue weighted by Gasteiger charge is 2.35. The molecule has 1 fully saturated rings. The van der Waals surface area contributed by atoms with Crippen molar-refractivity contribution in [2.75, 3.05) is 39.9 Å². The number of ether oxygens (including phenoxy) is 1. The van der Waals surface area contributed by atoms with Crippen molar-refractivity contribution in [3.8, 4) is 5.75 Å². The molecule has 1 saturated heterocycles. The molecule has 1 aliphatic rings. The average molecular weight is 539 g/mol. The highest BCUT2D eigenvalue weighted by atomic mass is 35.5. The molecule has 1 aliphatic heterocycles. The van der Waals surface area contributed by atoms with E-state index in [2.05, 4.69) is 31.0 Å². The van der Waals surface area contributed by atoms with E-state index in [-0.39, 0.29) is 24.8 Å². The minimum atomic E-state index is -1.13. The molecular formula is C28H41Cl2N3O3. The Morgan fingerprint density at radius 1 is 1.11 bits per heavy atom. The summed E-state index contributed by atoms with van der Waals surface area (Å²) in [6, 6.07) is 13.8. The minimum Gasteiger partial charge on any atom is -0.491 e. The van der Waals surface area contributed by atoms with Gasteiger partial charge in [0, 0.05) is 37.1 Å². The number of rotatable bonds is 11. The van der Waals surface area contributed by atoms with Crippen LogP contribution in [0.2, 0.25) is 10.0 Å². The van der Waals surface area contributed by atoms with Gasteiger partial charge in [-0.2, -0.15) is 0 Å². The van der Waals surface area contributed by atoms with Crippen LogP contribution in [0, 0.1) is 0 Å². The van der Waals surface area contributed by atoms with E-state index >= 15 is 0 Å². The first-order valence-electron chi connectivity index (χ1n) is 12.6. The normalized spacial score (nSPS) is 19.4. The molecule has 6 nitrogen and oxygen atoms in total. The summed E-state index contributed by atoms with van der Waals surface area (Å²) in [5.41, 5.74) is 0.959. The van der Waals surface area contributed by atoms with Crippen LogP contribution in [0.4, 0.5) is 0 Å². The number of aliphatic hydroxyl groups excluding tert-OH is 1. The molecule has 3 unspecified atom stereocenters. The lowest BCUT2D eigenvalue weighted by atomic mass is 9.97. The van der Waals surface area contributed by atoms with Gasteiger partial charge in [0.05, 0.1) is 16.7 Å². The summed E-state index contributed by atoms with van der Waals surface area (Å²) in [4.78, 5) is 4.51. The third-order valence-electron chi connectivity index (χ3n) is 6.72. The van der Waals surface area contributed by atoms with Gasteiger partial charge in [-0.3, -0.25) is 9.80 Å². The number of nitrogens with one attached hydrogen (secondary N) is 1. The number of likely N-dealkylation sites (N-methyl/N-ethyl adjacent to an activating group) is 1. The van der Waals surface area contributed by atoms with Crippen LogP contribution in [-0.2, 0) is 6.42 Å². The van der Waals surface area contributed by atoms with Gasteiger partial charge in [0.15, 0.2) is 0 Å². The Balaban J connectivity index is 1.81. The lowest BCUT2D eigenvalue weighted by molar-refractivity contribution is -0.105. The molecule has 8 heteroatoms. The molecule has 3 N–H and O–H groups in total. The van der Waals surface area contributed by atoms with Crippen LogP contribution in [-0.4, -0.2) is 77.2 Å². The van der Waals surface area contributed by atoms with E-state index in [1.807, 2.05) is 55.3 Å². The van der Waals surface area contributed by atoms with Crippen molar-refractivity contribution in [3.05, 3.63) is 63.6 Å². The summed E-state index contributed by atoms with van der Waals surface area (Å²) >= 11 is 12.3. The van der Waals surface area contributed by atoms with Crippen LogP contribution in [0.5, 0.6) is 5.75 Å². The van der Waals surface area contributed by atoms with E-state index in [9.17, 15) is 5.11 Å². The van der Waals surface area contributed by atoms with Gasteiger partial charge >= 0.3 is 0 Å². The van der Waals surface area contributed by atoms with Crippen molar-refractivity contribution in [1.82, 2.24) is 15.1 Å². The molecule has 36 heavy (non-hydrogen) atoms. The SMILES string of the molecule is CN(C(CN1CCC(NC(C)(C)C)C1)c1ccc(OCCO)cc1)C(C)(O)Cc1ccc(Cl)c(Cl)c1. The summed E-state index contributed by atoms with van der Waals surface area (Å²) in [5, 5.41) is 25.4. The highest BCUT2D eigenvalue weighted by molar-refractivity contribution is 6.42. The largest absolute Gasteiger partial charge is 0.491 e. The Hall–Kier alpha value is -1.38. The first kappa shape index (κ1) is 29.2. The lowest BCUT2D eigenvalue weighted by Gasteiger charge is -2.41. The fourth-order valence-corrected chi connectivity index (χ4v) is 5.19. The van der Waals surface area contributed by atoms with Crippen LogP contribution < -0.4 is 10.1 Å². The summed E-state index contributed by atoms with van der Waals surface area (Å²) in [5.74, 6) is 0.715. The predicted octanol–water partition coefficient (Wildman–Crippen LogP) is 4.75. The molecule has 0 amide bonds. The Labute approximate surface area is 226 Å². The maximum atomic E-state index is 11.6. The molecule has 0 saturated carbocycles. The maximum absolute atomic E-state index is 11.6. The quantitative estimate of drug-likeness (QED) is 0.359. The second-order valence-electron chi connectivity index (χ2n) is 11.0. The van der Waals surface area contributed by atoms with E-state index in [1.54, 1.807) is 6.07 Å². The number of halogens is 2. The number of benzene rings is 2. The summed E-state index contributed by atoms with van der Waals surface area (Å²) in [6.07, 6.45) is 1.50. The molecule has 2 aromatic rings. The van der Waals surface area contributed by atoms with Crippen LogP contribution in [0.15, 0.2) is 42.5 Å². The number of likely N-dealkylation sites (tertiary alicyclic amines) is 1. The molecule has 0 aromatic heterocycles. The first-order valence-corrected chi connectivity index (χ1v) is 13.4. The molecule has 2 aromatic carbocycles. The van der Waals surface area contributed by atoms with Crippen molar-refractivity contribution in [2.24, 2.45) is 0 Å². The van der Waals surface area contributed by atoms with E-state index < -0.39 is 5.72 Å². The summed E-state index contributed by atoms with van der Waals surface area (Å²) in [6.45, 7) is 11.4. The van der Waals surface area contributed by atoms with E-state index in [0.717, 1.165) is 37.2 Å². The number of hydrogen-bond donors (Lipinski definition) is 3. The third-order valence-corrected chi connectivity index (χ3v) is 7.45. The minimum absolute atomic E-state index is 0.0244. The topological polar surface area (TPSA) is 68.2 Å². The zero-order chi connectivity index (χ0) is 26.5. The van der Waals surface area contributed by atoms with Gasteiger partial charge in [0.25, 0.3) is 0 Å². The predicted molar refractivity (Wildman–Crippen MR) is 148 cm³/mol. The van der Waals surface area contributed by atoms with E-state index in [1.165, 1.54) is 0 Å². The molecular weight excluding hydrogens is 497 g/mol. The Bertz CT molecular complexity index is 979. The zero-order valence-corrected chi connectivity index (χ0v) is 23.6. The first-order chi connectivity index (χ1) is 16.9. The fraction of sp³-hybridized carbons (Fsp3) is 0.571. The number of aliphatic hydroxyl groups is 2. The van der Waals surface area contributed by atoms with Crippen LogP contribution in [0.1, 0.15) is 51.3 Å². The van der Waals surface area contributed by atoms with Gasteiger partial charge in [-0.05, 0) is 83.1 Å². The van der Waals surface area contributed by atoms with Gasteiger partial charge in [0.1, 0.15) is 18.1 Å². The molecule has 3 rings (SSSR count). The molecule has 0 spiro atoms. The maximum Gasteiger partial charge on any atom is 0.120 e. The molecule has 0 bridgehead atoms. The Kier molecular flexibility index (Phi) is 10.1. The van der Waals surface area contributed by atoms with Gasteiger partial charge in [-0.1, -0.05) is 41.4 Å². The Morgan fingerprint density at radius 3 is 2.42 bits per heavy atom. The molecule has 1 heterocycles. The monoisotopic (exact) mass is 537 g/mol. The average Bonchev–Trinajstić information content (AvgIpc) is 3.23. The lowest BCUT2D eigenvalue weighted by Crippen LogP contribution is -2.50. The smallest absolute Gasteiger partial charge is 0.120 e. The zero-order valence-electron chi connectivity index (χ0n) is 22.1. The highest BCUT2D eigenvalue weighted by Crippen LogP contribution is 2.32. The second-order valence-corrected chi connectivity index (χ2v) is 11.9. The van der Waals surface area contributed by atoms with Crippen LogP contribution in [0.25, 0.3) is 0 Å². The van der Waals surface area contributed by atoms with Crippen molar-refractivity contribution in [2.45, 2.75) is 63.9 Å².